The topological polar surface area (TPSA) is 102 Å². The Morgan fingerprint density at radius 3 is 2.39 bits per heavy atom. The van der Waals surface area contributed by atoms with Gasteiger partial charge in [-0.1, -0.05) is 53.7 Å². The first-order chi connectivity index (χ1) is 16.1. The predicted molar refractivity (Wildman–Crippen MR) is 128 cm³/mol. The highest BCUT2D eigenvalue weighted by molar-refractivity contribution is 8.00. The lowest BCUT2D eigenvalue weighted by molar-refractivity contribution is -0.118. The minimum absolute atomic E-state index is 0.139. The summed E-state index contributed by atoms with van der Waals surface area (Å²) >= 11 is 1.23. The van der Waals surface area contributed by atoms with Crippen molar-refractivity contribution in [1.29, 1.82) is 0 Å². The maximum Gasteiger partial charge on any atom is 0.235 e. The highest BCUT2D eigenvalue weighted by Crippen LogP contribution is 2.23. The molecule has 0 spiro atoms. The third kappa shape index (κ3) is 6.11. The van der Waals surface area contributed by atoms with Crippen molar-refractivity contribution < 1.29 is 14.1 Å². The van der Waals surface area contributed by atoms with Crippen molar-refractivity contribution in [2.45, 2.75) is 13.5 Å². The first-order valence-corrected chi connectivity index (χ1v) is 11.5. The number of aromatic nitrogens is 3. The number of benzene rings is 2. The van der Waals surface area contributed by atoms with Gasteiger partial charge in [0.1, 0.15) is 5.76 Å². The normalized spacial score (nSPS) is 10.7. The maximum absolute atomic E-state index is 12.4. The van der Waals surface area contributed by atoms with E-state index < -0.39 is 0 Å². The molecule has 0 aliphatic carbocycles. The second-order valence-corrected chi connectivity index (χ2v) is 8.28. The summed E-state index contributed by atoms with van der Waals surface area (Å²) in [4.78, 5) is 24.3. The lowest BCUT2D eigenvalue weighted by Crippen LogP contribution is -2.25. The Balaban J connectivity index is 1.34. The van der Waals surface area contributed by atoms with Gasteiger partial charge in [0.2, 0.25) is 11.8 Å². The van der Waals surface area contributed by atoms with Gasteiger partial charge in [0.25, 0.3) is 0 Å². The van der Waals surface area contributed by atoms with Crippen LogP contribution >= 0.6 is 11.8 Å². The van der Waals surface area contributed by atoms with E-state index in [1.165, 1.54) is 11.8 Å². The second kappa shape index (κ2) is 10.6. The fraction of sp³-hybridized carbons (Fsp3) is 0.167. The zero-order valence-corrected chi connectivity index (χ0v) is 18.8. The third-order valence-corrected chi connectivity index (χ3v) is 5.63. The molecule has 2 aromatic carbocycles. The summed E-state index contributed by atoms with van der Waals surface area (Å²) in [6, 6.07) is 21.3. The van der Waals surface area contributed by atoms with E-state index >= 15 is 0 Å². The molecule has 168 valence electrons. The van der Waals surface area contributed by atoms with Crippen LogP contribution in [0.4, 0.5) is 5.82 Å². The number of nitrogens with one attached hydrogen (secondary N) is 2. The Morgan fingerprint density at radius 2 is 1.70 bits per heavy atom. The van der Waals surface area contributed by atoms with Crippen LogP contribution < -0.4 is 10.6 Å². The largest absolute Gasteiger partial charge is 0.360 e. The van der Waals surface area contributed by atoms with Crippen LogP contribution in [0.5, 0.6) is 0 Å². The number of hydrogen-bond acceptors (Lipinski definition) is 6. The summed E-state index contributed by atoms with van der Waals surface area (Å²) in [6.45, 7) is 2.08. The number of carbonyl (C=O) groups excluding carboxylic acids is 2. The molecule has 0 bridgehead atoms. The first-order valence-electron chi connectivity index (χ1n) is 10.4. The van der Waals surface area contributed by atoms with Gasteiger partial charge < -0.3 is 15.2 Å². The van der Waals surface area contributed by atoms with E-state index in [-0.39, 0.29) is 23.3 Å². The fourth-order valence-corrected chi connectivity index (χ4v) is 3.82. The lowest BCUT2D eigenvalue weighted by Gasteiger charge is -2.06. The van der Waals surface area contributed by atoms with Gasteiger partial charge in [-0.05, 0) is 19.1 Å². The quantitative estimate of drug-likeness (QED) is 0.393. The summed E-state index contributed by atoms with van der Waals surface area (Å²) < 4.78 is 6.73. The number of rotatable bonds is 9. The zero-order valence-electron chi connectivity index (χ0n) is 18.0. The van der Waals surface area contributed by atoms with E-state index in [2.05, 4.69) is 15.8 Å². The molecule has 0 fully saturated rings. The molecule has 2 N–H and O–H groups in total. The van der Waals surface area contributed by atoms with Crippen LogP contribution in [0.2, 0.25) is 0 Å². The summed E-state index contributed by atoms with van der Waals surface area (Å²) in [5.41, 5.74) is 3.64. The number of anilines is 1. The number of amides is 2. The molecule has 4 aromatic rings. The van der Waals surface area contributed by atoms with Gasteiger partial charge in [-0.2, -0.15) is 5.10 Å². The summed E-state index contributed by atoms with van der Waals surface area (Å²) in [5, 5.41) is 14.0. The monoisotopic (exact) mass is 461 g/mol. The van der Waals surface area contributed by atoms with E-state index in [1.807, 2.05) is 71.5 Å². The predicted octanol–water partition coefficient (Wildman–Crippen LogP) is 3.82. The van der Waals surface area contributed by atoms with Crippen LogP contribution in [0.25, 0.3) is 16.9 Å². The molecule has 0 saturated heterocycles. The van der Waals surface area contributed by atoms with Crippen LogP contribution in [0.3, 0.4) is 0 Å². The average Bonchev–Trinajstić information content (AvgIpc) is 3.45. The molecule has 0 atom stereocenters. The smallest absolute Gasteiger partial charge is 0.235 e. The molecule has 33 heavy (non-hydrogen) atoms. The van der Waals surface area contributed by atoms with Crippen LogP contribution in [0, 0.1) is 6.92 Å². The molecule has 4 rings (SSSR count). The number of thioether (sulfide) groups is 1. The van der Waals surface area contributed by atoms with E-state index in [4.69, 9.17) is 9.62 Å². The number of carbonyl (C=O) groups is 2. The Morgan fingerprint density at radius 1 is 1.00 bits per heavy atom. The Kier molecular flexibility index (Phi) is 7.21. The lowest BCUT2D eigenvalue weighted by atomic mass is 10.1. The van der Waals surface area contributed by atoms with E-state index in [0.717, 1.165) is 22.5 Å². The molecule has 0 radical (unpaired) electrons. The molecular weight excluding hydrogens is 438 g/mol. The maximum atomic E-state index is 12.4. The van der Waals surface area contributed by atoms with E-state index in [9.17, 15) is 9.59 Å². The molecule has 0 aliphatic heterocycles. The van der Waals surface area contributed by atoms with Crippen molar-refractivity contribution in [2.75, 3.05) is 16.8 Å². The van der Waals surface area contributed by atoms with Gasteiger partial charge >= 0.3 is 0 Å². The zero-order chi connectivity index (χ0) is 23.0. The minimum atomic E-state index is -0.239. The summed E-state index contributed by atoms with van der Waals surface area (Å²) in [5.74, 6) is 0.890. The molecule has 0 unspecified atom stereocenters. The van der Waals surface area contributed by atoms with Gasteiger partial charge in [0, 0.05) is 29.9 Å². The fourth-order valence-electron chi connectivity index (χ4n) is 3.18. The molecule has 2 aromatic heterocycles. The highest BCUT2D eigenvalue weighted by Gasteiger charge is 2.14. The molecule has 9 heteroatoms. The first kappa shape index (κ1) is 22.3. The van der Waals surface area contributed by atoms with Crippen LogP contribution in [-0.2, 0) is 16.1 Å². The van der Waals surface area contributed by atoms with Crippen molar-refractivity contribution in [3.05, 3.63) is 84.3 Å². The SMILES string of the molecule is Cc1cc(NC(=O)CSCC(=O)NCc2cn(-c3ccccc3)nc2-c2ccccc2)no1. The third-order valence-electron chi connectivity index (χ3n) is 4.70. The molecule has 2 heterocycles. The Labute approximate surface area is 195 Å². The highest BCUT2D eigenvalue weighted by atomic mass is 32.2. The van der Waals surface area contributed by atoms with E-state index in [0.29, 0.717) is 18.1 Å². The number of para-hydroxylation sites is 1. The van der Waals surface area contributed by atoms with Crippen molar-refractivity contribution in [3.8, 4) is 16.9 Å². The van der Waals surface area contributed by atoms with Gasteiger partial charge in [-0.15, -0.1) is 11.8 Å². The molecule has 0 aliphatic rings. The Bertz CT molecular complexity index is 1220. The summed E-state index contributed by atoms with van der Waals surface area (Å²) in [7, 11) is 0. The van der Waals surface area contributed by atoms with Gasteiger partial charge in [-0.3, -0.25) is 9.59 Å². The average molecular weight is 462 g/mol. The molecule has 0 saturated carbocycles. The van der Waals surface area contributed by atoms with Crippen LogP contribution in [0.15, 0.2) is 77.4 Å². The summed E-state index contributed by atoms with van der Waals surface area (Å²) in [6.07, 6.45) is 1.93. The van der Waals surface area contributed by atoms with Crippen molar-refractivity contribution in [3.63, 3.8) is 0 Å². The molecular formula is C24H23N5O3S. The minimum Gasteiger partial charge on any atom is -0.360 e. The van der Waals surface area contributed by atoms with E-state index in [1.54, 1.807) is 13.0 Å². The second-order valence-electron chi connectivity index (χ2n) is 7.29. The number of aryl methyl sites for hydroxylation is 1. The number of nitrogens with zero attached hydrogens (tertiary/aromatic N) is 3. The molecule has 2 amide bonds. The van der Waals surface area contributed by atoms with Crippen molar-refractivity contribution in [1.82, 2.24) is 20.3 Å². The standard InChI is InChI=1S/C24H23N5O3S/c1-17-12-21(28-32-17)26-23(31)16-33-15-22(30)25-13-19-14-29(20-10-6-3-7-11-20)27-24(19)18-8-4-2-5-9-18/h2-12,14H,13,15-16H2,1H3,(H,25,30)(H,26,28,31). The Hall–Kier alpha value is -3.85. The van der Waals surface area contributed by atoms with Gasteiger partial charge in [-0.25, -0.2) is 4.68 Å². The van der Waals surface area contributed by atoms with Crippen molar-refractivity contribution in [2.24, 2.45) is 0 Å². The van der Waals surface area contributed by atoms with Crippen LogP contribution in [0.1, 0.15) is 11.3 Å². The molecule has 8 nitrogen and oxygen atoms in total. The van der Waals surface area contributed by atoms with Gasteiger partial charge in [0.05, 0.1) is 22.9 Å². The van der Waals surface area contributed by atoms with Crippen molar-refractivity contribution >= 4 is 29.4 Å². The van der Waals surface area contributed by atoms with Gasteiger partial charge in [0.15, 0.2) is 5.82 Å². The van der Waals surface area contributed by atoms with Crippen LogP contribution in [-0.4, -0.2) is 38.3 Å². The number of hydrogen-bond donors (Lipinski definition) is 2.